The Morgan fingerprint density at radius 3 is 2.88 bits per heavy atom. The molecule has 2 aromatic heterocycles. The summed E-state index contributed by atoms with van der Waals surface area (Å²) in [7, 11) is 1.86. The Labute approximate surface area is 96.7 Å². The van der Waals surface area contributed by atoms with E-state index in [2.05, 4.69) is 15.2 Å². The van der Waals surface area contributed by atoms with Gasteiger partial charge >= 0.3 is 0 Å². The summed E-state index contributed by atoms with van der Waals surface area (Å²) in [5.41, 5.74) is 0.782. The van der Waals surface area contributed by atoms with Crippen LogP contribution < -0.4 is 0 Å². The number of aliphatic hydroxyl groups is 1. The molecule has 7 heteroatoms. The summed E-state index contributed by atoms with van der Waals surface area (Å²) in [5, 5.41) is 17.5. The standard InChI is InChI=1S/C9H12N4O2S/c1-6-11-12-8(15-6)5-16-9-10-3-7(4-14)13(9)2/h3,14H,4-5H2,1-2H3. The molecular weight excluding hydrogens is 228 g/mol. The van der Waals surface area contributed by atoms with Gasteiger partial charge in [0.2, 0.25) is 11.8 Å². The predicted molar refractivity (Wildman–Crippen MR) is 57.7 cm³/mol. The predicted octanol–water partition coefficient (Wildman–Crippen LogP) is 0.896. The number of aromatic nitrogens is 4. The van der Waals surface area contributed by atoms with Crippen molar-refractivity contribution in [3.63, 3.8) is 0 Å². The molecule has 0 atom stereocenters. The van der Waals surface area contributed by atoms with Crippen LogP contribution in [-0.4, -0.2) is 24.9 Å². The van der Waals surface area contributed by atoms with Crippen LogP contribution in [0, 0.1) is 6.92 Å². The molecule has 0 unspecified atom stereocenters. The summed E-state index contributed by atoms with van der Waals surface area (Å²) in [6, 6.07) is 0. The molecule has 6 nitrogen and oxygen atoms in total. The molecule has 0 spiro atoms. The van der Waals surface area contributed by atoms with E-state index in [0.717, 1.165) is 10.9 Å². The van der Waals surface area contributed by atoms with Gasteiger partial charge in [-0.05, 0) is 0 Å². The fraction of sp³-hybridized carbons (Fsp3) is 0.444. The van der Waals surface area contributed by atoms with Crippen molar-refractivity contribution in [3.05, 3.63) is 23.7 Å². The molecule has 0 aliphatic carbocycles. The van der Waals surface area contributed by atoms with E-state index in [0.29, 0.717) is 17.5 Å². The molecule has 0 saturated heterocycles. The number of nitrogens with zero attached hydrogens (tertiary/aromatic N) is 4. The number of hydrogen-bond donors (Lipinski definition) is 1. The second kappa shape index (κ2) is 4.67. The van der Waals surface area contributed by atoms with E-state index in [1.165, 1.54) is 11.8 Å². The first-order valence-corrected chi connectivity index (χ1v) is 5.72. The van der Waals surface area contributed by atoms with Crippen molar-refractivity contribution in [1.82, 2.24) is 19.7 Å². The maximum atomic E-state index is 9.01. The first-order chi connectivity index (χ1) is 7.70. The zero-order valence-corrected chi connectivity index (χ0v) is 9.86. The number of thioether (sulfide) groups is 1. The highest BCUT2D eigenvalue weighted by Gasteiger charge is 2.09. The Balaban J connectivity index is 2.02. The maximum absolute atomic E-state index is 9.01. The summed E-state index contributed by atoms with van der Waals surface area (Å²) >= 11 is 1.49. The molecule has 2 rings (SSSR count). The minimum Gasteiger partial charge on any atom is -0.425 e. The highest BCUT2D eigenvalue weighted by molar-refractivity contribution is 7.98. The van der Waals surface area contributed by atoms with Crippen LogP contribution in [0.5, 0.6) is 0 Å². The average Bonchev–Trinajstić information content (AvgIpc) is 2.83. The lowest BCUT2D eigenvalue weighted by atomic mass is 10.5. The second-order valence-electron chi connectivity index (χ2n) is 3.25. The highest BCUT2D eigenvalue weighted by Crippen LogP contribution is 2.21. The zero-order chi connectivity index (χ0) is 11.5. The Hall–Kier alpha value is -1.34. The molecule has 0 bridgehead atoms. The minimum absolute atomic E-state index is 0.0102. The first-order valence-electron chi connectivity index (χ1n) is 4.74. The number of aliphatic hydroxyl groups excluding tert-OH is 1. The molecule has 0 aliphatic heterocycles. The van der Waals surface area contributed by atoms with Gasteiger partial charge in [-0.3, -0.25) is 0 Å². The molecule has 0 aliphatic rings. The monoisotopic (exact) mass is 240 g/mol. The van der Waals surface area contributed by atoms with E-state index in [9.17, 15) is 0 Å². The number of rotatable bonds is 4. The SMILES string of the molecule is Cc1nnc(CSc2ncc(CO)n2C)o1. The van der Waals surface area contributed by atoms with Crippen molar-refractivity contribution in [3.8, 4) is 0 Å². The smallest absolute Gasteiger partial charge is 0.226 e. The summed E-state index contributed by atoms with van der Waals surface area (Å²) in [6.45, 7) is 1.75. The van der Waals surface area contributed by atoms with Crippen molar-refractivity contribution in [1.29, 1.82) is 0 Å². The lowest BCUT2D eigenvalue weighted by Crippen LogP contribution is -1.97. The molecule has 2 aromatic rings. The molecule has 0 radical (unpaired) electrons. The van der Waals surface area contributed by atoms with E-state index in [4.69, 9.17) is 9.52 Å². The molecule has 0 saturated carbocycles. The maximum Gasteiger partial charge on any atom is 0.226 e. The number of aryl methyl sites for hydroxylation is 1. The van der Waals surface area contributed by atoms with Crippen LogP contribution >= 0.6 is 11.8 Å². The minimum atomic E-state index is -0.0102. The Morgan fingerprint density at radius 2 is 2.31 bits per heavy atom. The lowest BCUT2D eigenvalue weighted by Gasteiger charge is -2.01. The number of imidazole rings is 1. The Bertz CT molecular complexity index is 480. The largest absolute Gasteiger partial charge is 0.425 e. The van der Waals surface area contributed by atoms with Gasteiger partial charge in [-0.2, -0.15) is 0 Å². The van der Waals surface area contributed by atoms with Crippen LogP contribution in [-0.2, 0) is 19.4 Å². The number of hydrogen-bond acceptors (Lipinski definition) is 6. The van der Waals surface area contributed by atoms with Crippen LogP contribution in [0.2, 0.25) is 0 Å². The third-order valence-electron chi connectivity index (χ3n) is 2.10. The molecule has 1 N–H and O–H groups in total. The van der Waals surface area contributed by atoms with Gasteiger partial charge in [0.15, 0.2) is 5.16 Å². The second-order valence-corrected chi connectivity index (χ2v) is 4.20. The average molecular weight is 240 g/mol. The van der Waals surface area contributed by atoms with Crippen LogP contribution in [0.15, 0.2) is 15.8 Å². The van der Waals surface area contributed by atoms with Gasteiger partial charge in [0, 0.05) is 14.0 Å². The van der Waals surface area contributed by atoms with E-state index in [-0.39, 0.29) is 6.61 Å². The fourth-order valence-electron chi connectivity index (χ4n) is 1.23. The molecule has 0 amide bonds. The fourth-order valence-corrected chi connectivity index (χ4v) is 2.04. The van der Waals surface area contributed by atoms with Gasteiger partial charge in [-0.1, -0.05) is 11.8 Å². The summed E-state index contributed by atoms with van der Waals surface area (Å²) < 4.78 is 7.09. The van der Waals surface area contributed by atoms with Gasteiger partial charge in [-0.15, -0.1) is 10.2 Å². The van der Waals surface area contributed by atoms with Crippen LogP contribution in [0.1, 0.15) is 17.5 Å². The van der Waals surface area contributed by atoms with E-state index in [1.807, 2.05) is 11.6 Å². The van der Waals surface area contributed by atoms with Crippen LogP contribution in [0.4, 0.5) is 0 Å². The normalized spacial score (nSPS) is 10.9. The summed E-state index contributed by atoms with van der Waals surface area (Å²) in [4.78, 5) is 4.18. The van der Waals surface area contributed by atoms with E-state index >= 15 is 0 Å². The third-order valence-corrected chi connectivity index (χ3v) is 3.13. The molecule has 2 heterocycles. The van der Waals surface area contributed by atoms with Gasteiger partial charge in [0.05, 0.1) is 24.3 Å². The van der Waals surface area contributed by atoms with Crippen molar-refractivity contribution in [2.75, 3.05) is 0 Å². The Morgan fingerprint density at radius 1 is 1.50 bits per heavy atom. The molecular formula is C9H12N4O2S. The highest BCUT2D eigenvalue weighted by atomic mass is 32.2. The summed E-state index contributed by atoms with van der Waals surface area (Å²) in [6.07, 6.45) is 1.65. The van der Waals surface area contributed by atoms with Crippen molar-refractivity contribution in [2.24, 2.45) is 7.05 Å². The lowest BCUT2D eigenvalue weighted by molar-refractivity contribution is 0.271. The zero-order valence-electron chi connectivity index (χ0n) is 9.04. The molecule has 0 aromatic carbocycles. The topological polar surface area (TPSA) is 77.0 Å². The van der Waals surface area contributed by atoms with Crippen molar-refractivity contribution < 1.29 is 9.52 Å². The quantitative estimate of drug-likeness (QED) is 0.800. The first kappa shape index (κ1) is 11.2. The van der Waals surface area contributed by atoms with Crippen molar-refractivity contribution in [2.45, 2.75) is 24.4 Å². The van der Waals surface area contributed by atoms with E-state index in [1.54, 1.807) is 13.1 Å². The summed E-state index contributed by atoms with van der Waals surface area (Å²) in [5.74, 6) is 1.72. The third kappa shape index (κ3) is 2.25. The molecule has 0 fully saturated rings. The van der Waals surface area contributed by atoms with Crippen molar-refractivity contribution >= 4 is 11.8 Å². The van der Waals surface area contributed by atoms with Gasteiger partial charge < -0.3 is 14.1 Å². The van der Waals surface area contributed by atoms with Gasteiger partial charge in [0.25, 0.3) is 0 Å². The van der Waals surface area contributed by atoms with Crippen LogP contribution in [0.3, 0.4) is 0 Å². The Kier molecular flexibility index (Phi) is 3.25. The molecule has 16 heavy (non-hydrogen) atoms. The van der Waals surface area contributed by atoms with Gasteiger partial charge in [-0.25, -0.2) is 4.98 Å². The molecule has 86 valence electrons. The van der Waals surface area contributed by atoms with E-state index < -0.39 is 0 Å². The van der Waals surface area contributed by atoms with Gasteiger partial charge in [0.1, 0.15) is 0 Å². The van der Waals surface area contributed by atoms with Crippen LogP contribution in [0.25, 0.3) is 0 Å².